The van der Waals surface area contributed by atoms with Gasteiger partial charge in [0.2, 0.25) is 0 Å². The monoisotopic (exact) mass is 1690 g/mol. The smallest absolute Gasteiger partial charge is 0.408 e. The lowest BCUT2D eigenvalue weighted by molar-refractivity contribution is -0.389. The molecule has 21 heteroatoms. The van der Waals surface area contributed by atoms with Crippen molar-refractivity contribution in [2.45, 2.75) is 229 Å². The quantitative estimate of drug-likeness (QED) is 0.0278. The minimum Gasteiger partial charge on any atom is -0.464 e. The molecule has 13 rings (SSSR count). The summed E-state index contributed by atoms with van der Waals surface area (Å²) < 4.78 is 123. The number of hydrogen-bond acceptors (Lipinski definition) is 19. The zero-order chi connectivity index (χ0) is 85.3. The molecule has 1 N–H and O–H groups in total. The molecule has 10 aromatic rings. The van der Waals surface area contributed by atoms with Gasteiger partial charge in [0, 0.05) is 8.07 Å². The summed E-state index contributed by atoms with van der Waals surface area (Å²) in [6, 6.07) is 99.0. The molecule has 0 radical (unpaired) electrons. The van der Waals surface area contributed by atoms with Crippen molar-refractivity contribution >= 4 is 20.1 Å². The highest BCUT2D eigenvalue weighted by molar-refractivity contribution is 6.76. The highest BCUT2D eigenvalue weighted by Crippen LogP contribution is 2.41. The Morgan fingerprint density at radius 3 is 0.878 bits per heavy atom. The van der Waals surface area contributed by atoms with Gasteiger partial charge in [-0.05, 0) is 95.3 Å². The lowest BCUT2D eigenvalue weighted by Gasteiger charge is -2.52. The molecule has 3 saturated heterocycles. The van der Waals surface area contributed by atoms with Gasteiger partial charge in [0.05, 0.1) is 98.6 Å². The molecule has 0 aromatic heterocycles. The van der Waals surface area contributed by atoms with E-state index >= 15 is 0 Å². The first-order chi connectivity index (χ1) is 60.1. The molecule has 650 valence electrons. The second-order valence-electron chi connectivity index (χ2n) is 33.6. The van der Waals surface area contributed by atoms with Crippen molar-refractivity contribution in [1.82, 2.24) is 5.32 Å². The molecule has 123 heavy (non-hydrogen) atoms. The molecule has 1 amide bonds. The topological polar surface area (TPSA) is 203 Å². The predicted octanol–water partition coefficient (Wildman–Crippen LogP) is 18.3. The van der Waals surface area contributed by atoms with E-state index in [-0.39, 0.29) is 105 Å². The Morgan fingerprint density at radius 1 is 0.325 bits per heavy atom. The average molecular weight is 1690 g/mol. The highest BCUT2D eigenvalue weighted by atomic mass is 28.3. The van der Waals surface area contributed by atoms with Crippen LogP contribution in [0.1, 0.15) is 89.2 Å². The van der Waals surface area contributed by atoms with Crippen LogP contribution in [-0.2, 0) is 151 Å². The summed E-state index contributed by atoms with van der Waals surface area (Å²) in [6.07, 6.45) is -16.5. The number of benzene rings is 10. The second-order valence-corrected chi connectivity index (χ2v) is 39.2. The lowest BCUT2D eigenvalue weighted by Crippen LogP contribution is -2.68. The maximum atomic E-state index is 14.6. The van der Waals surface area contributed by atoms with Gasteiger partial charge < -0.3 is 85.8 Å². The molecule has 0 aliphatic carbocycles. The number of rotatable bonds is 45. The van der Waals surface area contributed by atoms with Crippen LogP contribution in [0.2, 0.25) is 25.7 Å². The number of ether oxygens (including phenoxy) is 17. The van der Waals surface area contributed by atoms with Gasteiger partial charge in [-0.2, -0.15) is 0 Å². The van der Waals surface area contributed by atoms with Crippen LogP contribution in [-0.4, -0.2) is 150 Å². The normalized spacial score (nSPS) is 23.2. The summed E-state index contributed by atoms with van der Waals surface area (Å²) in [5.41, 5.74) is 8.14. The van der Waals surface area contributed by atoms with E-state index in [2.05, 4.69) is 25.0 Å². The van der Waals surface area contributed by atoms with Crippen molar-refractivity contribution < 1.29 is 90.1 Å². The molecule has 0 spiro atoms. The van der Waals surface area contributed by atoms with Gasteiger partial charge >= 0.3 is 12.1 Å². The van der Waals surface area contributed by atoms with Crippen LogP contribution in [0.15, 0.2) is 303 Å². The molecule has 0 unspecified atom stereocenters. The minimum atomic E-state index is -1.68. The summed E-state index contributed by atoms with van der Waals surface area (Å²) in [4.78, 5) is 28.6. The summed E-state index contributed by atoms with van der Waals surface area (Å²) in [7, 11) is -1.68. The second kappa shape index (κ2) is 47.6. The Bertz CT molecular complexity index is 4610. The number of carbonyl (C=O) groups excluding carboxylic acids is 2. The van der Waals surface area contributed by atoms with Crippen LogP contribution in [0.4, 0.5) is 4.79 Å². The Hall–Kier alpha value is -9.44. The molecule has 3 aliphatic rings. The van der Waals surface area contributed by atoms with Crippen LogP contribution in [0.25, 0.3) is 0 Å². The van der Waals surface area contributed by atoms with E-state index in [0.29, 0.717) is 6.04 Å². The average Bonchev–Trinajstić information content (AvgIpc) is 0.762. The molecular weight excluding hydrogens is 1570 g/mol. The Kier molecular flexibility index (Phi) is 35.3. The number of hydrogen-bond donors (Lipinski definition) is 1. The SMILES string of the molecule is CC(C)(C)OC(=O)N[C@@H](CC[C@@H]1O[C@H](COCc2ccccc2)[C@@H](O[C@@H]2O[C@H](COCc3ccccc3)[C@H](O[C@H]3O[C@H](COCc4ccccc4)[C@H](OCc4ccccc4)[C@H](OCc4ccccc4)[C@H]3OCc3ccccc3)[C@H](OCc3ccccc3)[C@H]2OCc2ccccc2)[C@H](OCc2ccccc2)[C@H]1OCc1ccccc1)C(=O)OCC[Si](C)(C)C. The molecular formula is C102H119NO19Si. The molecule has 0 saturated carbocycles. The lowest BCUT2D eigenvalue weighted by atomic mass is 9.90. The molecule has 3 heterocycles. The van der Waals surface area contributed by atoms with Crippen molar-refractivity contribution in [3.8, 4) is 0 Å². The fourth-order valence-electron chi connectivity index (χ4n) is 15.1. The third-order valence-electron chi connectivity index (χ3n) is 21.5. The van der Waals surface area contributed by atoms with E-state index in [1.54, 1.807) is 20.8 Å². The number of esters is 1. The molecule has 20 nitrogen and oxygen atoms in total. The van der Waals surface area contributed by atoms with Crippen LogP contribution in [0.3, 0.4) is 0 Å². The minimum absolute atomic E-state index is 0.0363. The number of carbonyl (C=O) groups is 2. The zero-order valence-electron chi connectivity index (χ0n) is 71.4. The van der Waals surface area contributed by atoms with Gasteiger partial charge in [0.15, 0.2) is 12.6 Å². The Balaban J connectivity index is 0.949. The van der Waals surface area contributed by atoms with Crippen molar-refractivity contribution in [3.63, 3.8) is 0 Å². The van der Waals surface area contributed by atoms with E-state index in [9.17, 15) is 9.59 Å². The third-order valence-corrected chi connectivity index (χ3v) is 23.2. The summed E-state index contributed by atoms with van der Waals surface area (Å²) in [5, 5.41) is 2.89. The number of nitrogens with one attached hydrogen (secondary N) is 1. The summed E-state index contributed by atoms with van der Waals surface area (Å²) in [5.74, 6) is -0.603. The van der Waals surface area contributed by atoms with Gasteiger partial charge in [-0.3, -0.25) is 0 Å². The molecule has 16 atom stereocenters. The van der Waals surface area contributed by atoms with Crippen molar-refractivity contribution in [1.29, 1.82) is 0 Å². The van der Waals surface area contributed by atoms with Crippen molar-refractivity contribution in [3.05, 3.63) is 359 Å². The first-order valence-corrected chi connectivity index (χ1v) is 46.6. The van der Waals surface area contributed by atoms with Gasteiger partial charge in [-0.1, -0.05) is 323 Å². The first-order valence-electron chi connectivity index (χ1n) is 42.9. The Morgan fingerprint density at radius 2 is 0.577 bits per heavy atom. The largest absolute Gasteiger partial charge is 0.464 e. The van der Waals surface area contributed by atoms with Gasteiger partial charge in [0.25, 0.3) is 0 Å². The molecule has 0 bridgehead atoms. The third kappa shape index (κ3) is 29.3. The maximum absolute atomic E-state index is 14.6. The zero-order valence-corrected chi connectivity index (χ0v) is 72.4. The van der Waals surface area contributed by atoms with E-state index in [1.165, 1.54) is 0 Å². The number of amides is 1. The van der Waals surface area contributed by atoms with Crippen LogP contribution in [0, 0.1) is 0 Å². The van der Waals surface area contributed by atoms with E-state index in [1.807, 2.05) is 303 Å². The highest BCUT2D eigenvalue weighted by Gasteiger charge is 2.57. The van der Waals surface area contributed by atoms with Crippen molar-refractivity contribution in [2.24, 2.45) is 0 Å². The van der Waals surface area contributed by atoms with Gasteiger partial charge in [-0.25, -0.2) is 9.59 Å². The Labute approximate surface area is 725 Å². The van der Waals surface area contributed by atoms with Crippen LogP contribution in [0.5, 0.6) is 0 Å². The number of alkyl carbamates (subject to hydrolysis) is 1. The molecule has 3 aliphatic heterocycles. The van der Waals surface area contributed by atoms with Gasteiger partial charge in [-0.15, -0.1) is 0 Å². The fraction of sp³-hybridized carbons (Fsp3) is 0.392. The van der Waals surface area contributed by atoms with E-state index in [4.69, 9.17) is 80.5 Å². The van der Waals surface area contributed by atoms with E-state index in [0.717, 1.165) is 55.6 Å². The van der Waals surface area contributed by atoms with Crippen molar-refractivity contribution in [2.75, 3.05) is 26.4 Å². The fourth-order valence-corrected chi connectivity index (χ4v) is 15.8. The molecule has 3 fully saturated rings. The molecule has 10 aromatic carbocycles. The predicted molar refractivity (Wildman–Crippen MR) is 471 cm³/mol. The first kappa shape index (κ1) is 91.3. The standard InChI is InChI=1S/C102H119NO19Si/c1-102(2,3)122-101(105)103-84(98(104)109-59-60-123(4,5)6)57-58-85-89(110-64-77-43-23-10-24-44-77)93(112-66-79-47-27-12-28-48-79)91(87(117-85)72-107-62-75-39-19-8-20-40-75)120-100-97(116-70-83-55-35-16-36-56-83)95(114-68-81-51-31-14-32-52-81)92(88(119-100)73-108-63-76-41-21-9-22-42-76)121-99-96(115-69-82-53-33-15-34-54-82)94(113-67-80-49-29-13-30-50-80)90(111-65-78-45-25-11-26-46-78)86(118-99)71-106-61-74-37-17-7-18-38-74/h7-56,84-97,99-100H,57-73H2,1-6H3,(H,103,105)/t84-,85-,86+,87+,88+,89-,90-,91+,92-,93+,94-,95-,96+,97+,99+,100-/m0/s1. The van der Waals surface area contributed by atoms with E-state index < -0.39 is 124 Å². The van der Waals surface area contributed by atoms with Gasteiger partial charge in [0.1, 0.15) is 84.9 Å². The maximum Gasteiger partial charge on any atom is 0.408 e. The summed E-state index contributed by atoms with van der Waals surface area (Å²) >= 11 is 0. The summed E-state index contributed by atoms with van der Waals surface area (Å²) in [6.45, 7) is 13.5. The van der Waals surface area contributed by atoms with Crippen LogP contribution >= 0.6 is 0 Å². The van der Waals surface area contributed by atoms with Crippen LogP contribution < -0.4 is 5.32 Å².